The van der Waals surface area contributed by atoms with Crippen LogP contribution < -0.4 is 10.6 Å². The topological polar surface area (TPSA) is 78.4 Å². The molecule has 0 aromatic carbocycles. The number of carboxylic acid groups (broad SMARTS) is 1. The second-order valence-corrected chi connectivity index (χ2v) is 5.67. The van der Waals surface area contributed by atoms with Crippen molar-refractivity contribution in [1.82, 2.24) is 10.6 Å². The van der Waals surface area contributed by atoms with Gasteiger partial charge < -0.3 is 15.7 Å². The molecule has 17 heavy (non-hydrogen) atoms. The Kier molecular flexibility index (Phi) is 5.11. The fraction of sp³-hybridized carbons (Fsp3) is 0.818. The van der Waals surface area contributed by atoms with Crippen LogP contribution in [-0.2, 0) is 4.79 Å². The number of nitrogens with one attached hydrogen (secondary N) is 2. The maximum atomic E-state index is 11.6. The number of rotatable bonds is 6. The molecule has 1 rings (SSSR count). The minimum Gasteiger partial charge on any atom is -0.480 e. The van der Waals surface area contributed by atoms with Crippen LogP contribution >= 0.6 is 11.8 Å². The normalized spacial score (nSPS) is 18.9. The quantitative estimate of drug-likeness (QED) is 0.675. The molecule has 0 radical (unpaired) electrons. The van der Waals surface area contributed by atoms with Gasteiger partial charge in [-0.2, -0.15) is 11.8 Å². The Hall–Kier alpha value is -0.910. The van der Waals surface area contributed by atoms with Crippen molar-refractivity contribution in [2.24, 2.45) is 0 Å². The van der Waals surface area contributed by atoms with Crippen LogP contribution in [0.4, 0.5) is 4.79 Å². The maximum Gasteiger partial charge on any atom is 0.326 e. The third-order valence-corrected chi connectivity index (χ3v) is 3.73. The number of thioether (sulfide) groups is 1. The molecule has 0 aromatic heterocycles. The van der Waals surface area contributed by atoms with Crippen LogP contribution in [-0.4, -0.2) is 40.7 Å². The average molecular weight is 260 g/mol. The van der Waals surface area contributed by atoms with Crippen LogP contribution in [0.5, 0.6) is 0 Å². The van der Waals surface area contributed by atoms with Gasteiger partial charge in [-0.15, -0.1) is 0 Å². The van der Waals surface area contributed by atoms with Gasteiger partial charge in [0.1, 0.15) is 6.04 Å². The van der Waals surface area contributed by atoms with Crippen molar-refractivity contribution in [2.75, 3.05) is 12.0 Å². The fourth-order valence-corrected chi connectivity index (χ4v) is 2.27. The number of carboxylic acids is 1. The molecular weight excluding hydrogens is 240 g/mol. The zero-order valence-corrected chi connectivity index (χ0v) is 11.1. The van der Waals surface area contributed by atoms with E-state index in [-0.39, 0.29) is 11.6 Å². The molecule has 1 aliphatic rings. The van der Waals surface area contributed by atoms with E-state index < -0.39 is 12.0 Å². The van der Waals surface area contributed by atoms with Crippen molar-refractivity contribution in [3.05, 3.63) is 0 Å². The van der Waals surface area contributed by atoms with Gasteiger partial charge in [0.25, 0.3) is 0 Å². The van der Waals surface area contributed by atoms with Crippen LogP contribution in [0.15, 0.2) is 0 Å². The predicted molar refractivity (Wildman–Crippen MR) is 68.3 cm³/mol. The molecule has 0 unspecified atom stereocenters. The van der Waals surface area contributed by atoms with Crippen LogP contribution in [0.25, 0.3) is 0 Å². The number of urea groups is 1. The number of carbonyl (C=O) groups excluding carboxylic acids is 1. The zero-order chi connectivity index (χ0) is 12.9. The van der Waals surface area contributed by atoms with Gasteiger partial charge in [0.15, 0.2) is 0 Å². The first-order valence-electron chi connectivity index (χ1n) is 5.77. The summed E-state index contributed by atoms with van der Waals surface area (Å²) in [5.74, 6) is -0.262. The van der Waals surface area contributed by atoms with Crippen molar-refractivity contribution >= 4 is 23.8 Å². The number of carbonyl (C=O) groups is 2. The maximum absolute atomic E-state index is 11.6. The van der Waals surface area contributed by atoms with Crippen molar-refractivity contribution in [3.63, 3.8) is 0 Å². The molecule has 1 atom stereocenters. The minimum atomic E-state index is -0.979. The summed E-state index contributed by atoms with van der Waals surface area (Å²) in [6.45, 7) is 1.98. The van der Waals surface area contributed by atoms with Crippen molar-refractivity contribution in [2.45, 2.75) is 44.2 Å². The monoisotopic (exact) mass is 260 g/mol. The Balaban J connectivity index is 2.37. The summed E-state index contributed by atoms with van der Waals surface area (Å²) in [6, 6.07) is -1.17. The SMILES string of the molecule is CSCC[C@H](NC(=O)NC1(C)CCC1)C(=O)O. The Bertz CT molecular complexity index is 292. The van der Waals surface area contributed by atoms with Crippen molar-refractivity contribution in [1.29, 1.82) is 0 Å². The van der Waals surface area contributed by atoms with E-state index in [0.29, 0.717) is 12.2 Å². The van der Waals surface area contributed by atoms with E-state index in [9.17, 15) is 9.59 Å². The lowest BCUT2D eigenvalue weighted by Gasteiger charge is -2.39. The lowest BCUT2D eigenvalue weighted by molar-refractivity contribution is -0.139. The van der Waals surface area contributed by atoms with Crippen molar-refractivity contribution < 1.29 is 14.7 Å². The number of hydrogen-bond donors (Lipinski definition) is 3. The summed E-state index contributed by atoms with van der Waals surface area (Å²) in [4.78, 5) is 22.6. The van der Waals surface area contributed by atoms with Crippen LogP contribution in [0, 0.1) is 0 Å². The van der Waals surface area contributed by atoms with Crippen molar-refractivity contribution in [3.8, 4) is 0 Å². The molecule has 0 spiro atoms. The summed E-state index contributed by atoms with van der Waals surface area (Å²) in [7, 11) is 0. The summed E-state index contributed by atoms with van der Waals surface area (Å²) in [6.07, 6.45) is 5.40. The second-order valence-electron chi connectivity index (χ2n) is 4.68. The van der Waals surface area contributed by atoms with Gasteiger partial charge in [-0.1, -0.05) is 0 Å². The van der Waals surface area contributed by atoms with Gasteiger partial charge in [0.2, 0.25) is 0 Å². The average Bonchev–Trinajstić information content (AvgIpc) is 2.21. The fourth-order valence-electron chi connectivity index (χ4n) is 1.79. The van der Waals surface area contributed by atoms with E-state index >= 15 is 0 Å². The number of amides is 2. The molecule has 0 bridgehead atoms. The van der Waals surface area contributed by atoms with Crippen LogP contribution in [0.3, 0.4) is 0 Å². The molecule has 2 amide bonds. The highest BCUT2D eigenvalue weighted by Gasteiger charge is 2.34. The first-order chi connectivity index (χ1) is 7.97. The Morgan fingerprint density at radius 2 is 2.12 bits per heavy atom. The second kappa shape index (κ2) is 6.14. The minimum absolute atomic E-state index is 0.146. The van der Waals surface area contributed by atoms with Crippen LogP contribution in [0.1, 0.15) is 32.6 Å². The van der Waals surface area contributed by atoms with E-state index in [0.717, 1.165) is 19.3 Å². The van der Waals surface area contributed by atoms with Gasteiger partial charge in [-0.05, 0) is 44.6 Å². The molecule has 98 valence electrons. The van der Waals surface area contributed by atoms with Gasteiger partial charge in [-0.25, -0.2) is 9.59 Å². The lowest BCUT2D eigenvalue weighted by atomic mass is 9.79. The van der Waals surface area contributed by atoms with E-state index in [1.807, 2.05) is 13.2 Å². The molecule has 0 aromatic rings. The molecule has 0 saturated heterocycles. The Morgan fingerprint density at radius 3 is 2.53 bits per heavy atom. The Labute approximate surface area is 106 Å². The molecule has 6 heteroatoms. The number of hydrogen-bond acceptors (Lipinski definition) is 3. The highest BCUT2D eigenvalue weighted by Crippen LogP contribution is 2.30. The molecule has 3 N–H and O–H groups in total. The number of aliphatic carboxylic acids is 1. The van der Waals surface area contributed by atoms with Gasteiger partial charge in [-0.3, -0.25) is 0 Å². The highest BCUT2D eigenvalue weighted by atomic mass is 32.2. The molecule has 1 fully saturated rings. The predicted octanol–water partition coefficient (Wildman–Crippen LogP) is 1.43. The molecule has 5 nitrogen and oxygen atoms in total. The van der Waals surface area contributed by atoms with Gasteiger partial charge >= 0.3 is 12.0 Å². The van der Waals surface area contributed by atoms with Gasteiger partial charge in [0, 0.05) is 5.54 Å². The van der Waals surface area contributed by atoms with Gasteiger partial charge in [0.05, 0.1) is 0 Å². The molecule has 0 aliphatic heterocycles. The first kappa shape index (κ1) is 14.2. The Morgan fingerprint density at radius 1 is 1.47 bits per heavy atom. The molecular formula is C11H20N2O3S. The molecule has 1 aliphatic carbocycles. The highest BCUT2D eigenvalue weighted by molar-refractivity contribution is 7.98. The standard InChI is InChI=1S/C11H20N2O3S/c1-11(5-3-6-11)13-10(16)12-8(9(14)15)4-7-17-2/h8H,3-7H2,1-2H3,(H,14,15)(H2,12,13,16)/t8-/m0/s1. The molecule has 1 saturated carbocycles. The largest absolute Gasteiger partial charge is 0.480 e. The summed E-state index contributed by atoms with van der Waals surface area (Å²) >= 11 is 1.57. The van der Waals surface area contributed by atoms with E-state index in [1.54, 1.807) is 11.8 Å². The zero-order valence-electron chi connectivity index (χ0n) is 10.3. The lowest BCUT2D eigenvalue weighted by Crippen LogP contribution is -2.56. The smallest absolute Gasteiger partial charge is 0.326 e. The third kappa shape index (κ3) is 4.46. The summed E-state index contributed by atoms with van der Waals surface area (Å²) < 4.78 is 0. The van der Waals surface area contributed by atoms with E-state index in [1.165, 1.54) is 0 Å². The summed E-state index contributed by atoms with van der Waals surface area (Å²) in [5, 5.41) is 14.3. The molecule has 0 heterocycles. The third-order valence-electron chi connectivity index (χ3n) is 3.09. The summed E-state index contributed by atoms with van der Waals surface area (Å²) in [5.41, 5.74) is -0.146. The van der Waals surface area contributed by atoms with Crippen LogP contribution in [0.2, 0.25) is 0 Å². The first-order valence-corrected chi connectivity index (χ1v) is 7.17. The van der Waals surface area contributed by atoms with E-state index in [2.05, 4.69) is 10.6 Å². The van der Waals surface area contributed by atoms with E-state index in [4.69, 9.17) is 5.11 Å².